The molecule has 1 fully saturated rings. The van der Waals surface area contributed by atoms with Crippen LogP contribution in [0.5, 0.6) is 17.2 Å². The maximum absolute atomic E-state index is 5.50. The molecule has 0 saturated carbocycles. The van der Waals surface area contributed by atoms with Gasteiger partial charge in [-0.05, 0) is 47.5 Å². The van der Waals surface area contributed by atoms with Gasteiger partial charge in [0.15, 0.2) is 11.5 Å². The van der Waals surface area contributed by atoms with Crippen LogP contribution in [0.1, 0.15) is 11.1 Å². The first-order valence-corrected chi connectivity index (χ1v) is 10.8. The van der Waals surface area contributed by atoms with Gasteiger partial charge in [-0.2, -0.15) is 0 Å². The number of hydrogen-bond acceptors (Lipinski definition) is 7. The molecule has 32 heavy (non-hydrogen) atoms. The van der Waals surface area contributed by atoms with E-state index in [1.807, 2.05) is 30.7 Å². The van der Waals surface area contributed by atoms with Crippen molar-refractivity contribution in [2.45, 2.75) is 13.1 Å². The predicted molar refractivity (Wildman–Crippen MR) is 124 cm³/mol. The molecule has 7 heteroatoms. The quantitative estimate of drug-likeness (QED) is 0.538. The summed E-state index contributed by atoms with van der Waals surface area (Å²) < 4.78 is 16.4. The zero-order valence-electron chi connectivity index (χ0n) is 19.0. The summed E-state index contributed by atoms with van der Waals surface area (Å²) in [5.74, 6) is 1.83. The summed E-state index contributed by atoms with van der Waals surface area (Å²) in [4.78, 5) is 13.7. The fourth-order valence-electron chi connectivity index (χ4n) is 4.07. The van der Waals surface area contributed by atoms with Crippen LogP contribution >= 0.6 is 0 Å². The molecular formula is C25H30N4O3. The van der Waals surface area contributed by atoms with Gasteiger partial charge in [0, 0.05) is 63.4 Å². The number of nitrogens with zero attached hydrogens (tertiary/aromatic N) is 4. The van der Waals surface area contributed by atoms with E-state index >= 15 is 0 Å². The number of benzene rings is 1. The molecule has 4 rings (SSSR count). The minimum absolute atomic E-state index is 0.583. The van der Waals surface area contributed by atoms with Crippen molar-refractivity contribution >= 4 is 0 Å². The molecule has 1 aliphatic rings. The highest BCUT2D eigenvalue weighted by Crippen LogP contribution is 2.40. The van der Waals surface area contributed by atoms with Crippen molar-refractivity contribution in [3.63, 3.8) is 0 Å². The van der Waals surface area contributed by atoms with E-state index in [1.54, 1.807) is 21.3 Å². The van der Waals surface area contributed by atoms with Crippen molar-refractivity contribution in [1.82, 2.24) is 19.8 Å². The summed E-state index contributed by atoms with van der Waals surface area (Å²) in [7, 11) is 4.86. The lowest BCUT2D eigenvalue weighted by molar-refractivity contribution is 0.122. The molecular weight excluding hydrogens is 404 g/mol. The molecule has 0 unspecified atom stereocenters. The second-order valence-electron chi connectivity index (χ2n) is 7.87. The van der Waals surface area contributed by atoms with E-state index in [1.165, 1.54) is 11.1 Å². The van der Waals surface area contributed by atoms with Gasteiger partial charge in [0.1, 0.15) is 0 Å². The third-order valence-corrected chi connectivity index (χ3v) is 5.81. The Kier molecular flexibility index (Phi) is 7.19. The van der Waals surface area contributed by atoms with Crippen LogP contribution in [0.4, 0.5) is 0 Å². The zero-order chi connectivity index (χ0) is 22.3. The second kappa shape index (κ2) is 10.4. The van der Waals surface area contributed by atoms with Gasteiger partial charge in [0.25, 0.3) is 0 Å². The highest BCUT2D eigenvalue weighted by molar-refractivity contribution is 5.69. The average molecular weight is 435 g/mol. The topological polar surface area (TPSA) is 60.0 Å². The summed E-state index contributed by atoms with van der Waals surface area (Å²) in [5.41, 5.74) is 4.38. The third kappa shape index (κ3) is 5.18. The van der Waals surface area contributed by atoms with Crippen LogP contribution in [0.15, 0.2) is 55.0 Å². The predicted octanol–water partition coefficient (Wildman–Crippen LogP) is 3.49. The second-order valence-corrected chi connectivity index (χ2v) is 7.87. The summed E-state index contributed by atoms with van der Waals surface area (Å²) in [6.45, 7) is 6.11. The van der Waals surface area contributed by atoms with E-state index in [9.17, 15) is 0 Å². The largest absolute Gasteiger partial charge is 0.493 e. The van der Waals surface area contributed by atoms with Gasteiger partial charge in [-0.15, -0.1) is 0 Å². The van der Waals surface area contributed by atoms with Crippen LogP contribution in [0.25, 0.3) is 11.3 Å². The van der Waals surface area contributed by atoms with Gasteiger partial charge in [-0.1, -0.05) is 0 Å². The molecule has 0 atom stereocenters. The molecule has 1 saturated heterocycles. The number of aromatic nitrogens is 2. The number of rotatable bonds is 8. The zero-order valence-corrected chi connectivity index (χ0v) is 19.0. The molecule has 3 heterocycles. The van der Waals surface area contributed by atoms with Crippen LogP contribution in [0.3, 0.4) is 0 Å². The average Bonchev–Trinajstić information content (AvgIpc) is 2.85. The van der Waals surface area contributed by atoms with Crippen molar-refractivity contribution in [2.75, 3.05) is 47.5 Å². The van der Waals surface area contributed by atoms with Crippen LogP contribution in [0, 0.1) is 0 Å². The molecule has 1 aliphatic heterocycles. The fourth-order valence-corrected chi connectivity index (χ4v) is 4.07. The number of pyridine rings is 2. The molecule has 0 radical (unpaired) electrons. The third-order valence-electron chi connectivity index (χ3n) is 5.81. The highest BCUT2D eigenvalue weighted by atomic mass is 16.5. The molecule has 0 bridgehead atoms. The lowest BCUT2D eigenvalue weighted by atomic mass is 10.1. The molecule has 7 nitrogen and oxygen atoms in total. The van der Waals surface area contributed by atoms with Crippen LogP contribution in [-0.2, 0) is 13.1 Å². The first kappa shape index (κ1) is 22.0. The van der Waals surface area contributed by atoms with Crippen molar-refractivity contribution in [1.29, 1.82) is 0 Å². The molecule has 0 aliphatic carbocycles. The standard InChI is InChI=1S/C25H30N4O3/c1-30-23-15-21(16-24(31-2)25(23)32-3)22-14-20(6-9-27-22)18-29-12-10-28(11-13-29)17-19-4-7-26-8-5-19/h4-9,14-16H,10-13,17-18H2,1-3H3. The molecule has 0 N–H and O–H groups in total. The Labute approximate surface area is 189 Å². The van der Waals surface area contributed by atoms with Gasteiger partial charge in [-0.25, -0.2) is 0 Å². The lowest BCUT2D eigenvalue weighted by Gasteiger charge is -2.34. The Morgan fingerprint density at radius 1 is 0.719 bits per heavy atom. The smallest absolute Gasteiger partial charge is 0.203 e. The SMILES string of the molecule is COc1cc(-c2cc(CN3CCN(Cc4ccncc4)CC3)ccn2)cc(OC)c1OC. The molecule has 3 aromatic rings. The molecule has 1 aromatic carbocycles. The Hall–Kier alpha value is -3.16. The van der Waals surface area contributed by atoms with Crippen LogP contribution in [-0.4, -0.2) is 67.3 Å². The van der Waals surface area contributed by atoms with Crippen molar-refractivity contribution < 1.29 is 14.2 Å². The molecule has 0 amide bonds. The van der Waals surface area contributed by atoms with Crippen LogP contribution < -0.4 is 14.2 Å². The van der Waals surface area contributed by atoms with Gasteiger partial charge in [0.2, 0.25) is 5.75 Å². The maximum atomic E-state index is 5.50. The van der Waals surface area contributed by atoms with E-state index in [4.69, 9.17) is 14.2 Å². The Balaban J connectivity index is 1.42. The van der Waals surface area contributed by atoms with Crippen LogP contribution in [0.2, 0.25) is 0 Å². The Morgan fingerprint density at radius 2 is 1.28 bits per heavy atom. The lowest BCUT2D eigenvalue weighted by Crippen LogP contribution is -2.45. The van der Waals surface area contributed by atoms with Gasteiger partial charge in [0.05, 0.1) is 27.0 Å². The monoisotopic (exact) mass is 434 g/mol. The Bertz CT molecular complexity index is 996. The summed E-state index contributed by atoms with van der Waals surface area (Å²) in [5, 5.41) is 0. The normalized spacial score (nSPS) is 14.8. The first-order valence-electron chi connectivity index (χ1n) is 10.8. The molecule has 0 spiro atoms. The number of methoxy groups -OCH3 is 3. The Morgan fingerprint density at radius 3 is 1.84 bits per heavy atom. The number of hydrogen-bond donors (Lipinski definition) is 0. The van der Waals surface area contributed by atoms with E-state index in [0.29, 0.717) is 17.2 Å². The summed E-state index contributed by atoms with van der Waals surface area (Å²) in [6, 6.07) is 12.3. The van der Waals surface area contributed by atoms with E-state index in [-0.39, 0.29) is 0 Å². The van der Waals surface area contributed by atoms with E-state index in [2.05, 4.69) is 44.0 Å². The van der Waals surface area contributed by atoms with Crippen molar-refractivity contribution in [3.8, 4) is 28.5 Å². The van der Waals surface area contributed by atoms with Gasteiger partial charge in [-0.3, -0.25) is 19.8 Å². The molecule has 168 valence electrons. The first-order chi connectivity index (χ1) is 15.7. The summed E-state index contributed by atoms with van der Waals surface area (Å²) in [6.07, 6.45) is 5.59. The fraction of sp³-hybridized carbons (Fsp3) is 0.360. The van der Waals surface area contributed by atoms with E-state index < -0.39 is 0 Å². The summed E-state index contributed by atoms with van der Waals surface area (Å²) >= 11 is 0. The minimum Gasteiger partial charge on any atom is -0.493 e. The van der Waals surface area contributed by atoms with Gasteiger partial charge < -0.3 is 14.2 Å². The number of piperazine rings is 1. The molecule has 2 aromatic heterocycles. The highest BCUT2D eigenvalue weighted by Gasteiger charge is 2.18. The maximum Gasteiger partial charge on any atom is 0.203 e. The van der Waals surface area contributed by atoms with Crippen molar-refractivity contribution in [3.05, 3.63) is 66.1 Å². The van der Waals surface area contributed by atoms with E-state index in [0.717, 1.165) is 50.5 Å². The minimum atomic E-state index is 0.583. The van der Waals surface area contributed by atoms with Crippen molar-refractivity contribution in [2.24, 2.45) is 0 Å². The number of ether oxygens (including phenoxy) is 3. The van der Waals surface area contributed by atoms with Gasteiger partial charge >= 0.3 is 0 Å².